The minimum absolute atomic E-state index is 0.0218. The molecule has 0 N–H and O–H groups in total. The Morgan fingerprint density at radius 1 is 0.966 bits per heavy atom. The summed E-state index contributed by atoms with van der Waals surface area (Å²) in [5.41, 5.74) is 0.0437. The van der Waals surface area contributed by atoms with Gasteiger partial charge in [-0.15, -0.1) is 0 Å². The zero-order valence-corrected chi connectivity index (χ0v) is 21.2. The summed E-state index contributed by atoms with van der Waals surface area (Å²) in [6.07, 6.45) is 5.18. The Balaban J connectivity index is 2.60. The first kappa shape index (κ1) is 24.9. The van der Waals surface area contributed by atoms with Crippen molar-refractivity contribution in [1.29, 1.82) is 0 Å². The third-order valence-corrected chi connectivity index (χ3v) is 9.23. The normalized spacial score (nSPS) is 27.1. The molecule has 0 radical (unpaired) electrons. The van der Waals surface area contributed by atoms with Gasteiger partial charge >= 0.3 is 5.97 Å². The fraction of sp³-hybridized carbons (Fsp3) is 0.957. The maximum Gasteiger partial charge on any atom is 0.303 e. The quantitative estimate of drug-likeness (QED) is 0.376. The first-order valence-electron chi connectivity index (χ1n) is 11.5. The molecular weight excluding hydrogens is 383 g/mol. The highest BCUT2D eigenvalue weighted by atomic mass is 31.2. The van der Waals surface area contributed by atoms with E-state index in [-0.39, 0.29) is 16.8 Å². The number of hydrogen-bond donors (Lipinski definition) is 0. The lowest BCUT2D eigenvalue weighted by Crippen LogP contribution is -2.43. The lowest BCUT2D eigenvalue weighted by Gasteiger charge is -2.41. The van der Waals surface area contributed by atoms with Crippen molar-refractivity contribution in [2.75, 3.05) is 13.1 Å². The molecule has 1 heterocycles. The first-order valence-corrected chi connectivity index (χ1v) is 13.1. The smallest absolute Gasteiger partial charge is 0.303 e. The molecule has 29 heavy (non-hydrogen) atoms. The fourth-order valence-corrected chi connectivity index (χ4v) is 9.53. The summed E-state index contributed by atoms with van der Waals surface area (Å²) in [5.74, 6) is -0.580. The molecule has 1 aliphatic heterocycles. The highest BCUT2D eigenvalue weighted by Crippen LogP contribution is 2.68. The molecule has 5 nitrogen and oxygen atoms in total. The first-order chi connectivity index (χ1) is 13.1. The van der Waals surface area contributed by atoms with Crippen molar-refractivity contribution in [1.82, 2.24) is 9.34 Å². The van der Waals surface area contributed by atoms with E-state index in [4.69, 9.17) is 4.74 Å². The van der Waals surface area contributed by atoms with Crippen LogP contribution >= 0.6 is 7.44 Å². The average molecular weight is 429 g/mol. The Morgan fingerprint density at radius 2 is 1.38 bits per heavy atom. The van der Waals surface area contributed by atoms with Gasteiger partial charge in [-0.3, -0.25) is 9.36 Å². The number of esters is 1. The molecule has 0 aromatic carbocycles. The number of carbonyl (C=O) groups excluding carboxylic acids is 1. The Kier molecular flexibility index (Phi) is 7.73. The van der Waals surface area contributed by atoms with Gasteiger partial charge in [0.05, 0.1) is 0 Å². The second kappa shape index (κ2) is 9.01. The highest BCUT2D eigenvalue weighted by molar-refractivity contribution is 7.60. The molecule has 0 amide bonds. The molecule has 2 rings (SSSR count). The molecule has 1 saturated carbocycles. The predicted molar refractivity (Wildman–Crippen MR) is 121 cm³/mol. The van der Waals surface area contributed by atoms with Crippen LogP contribution in [-0.2, 0) is 14.1 Å². The van der Waals surface area contributed by atoms with Crippen LogP contribution in [-0.4, -0.2) is 46.3 Å². The van der Waals surface area contributed by atoms with Crippen LogP contribution in [0.5, 0.6) is 0 Å². The van der Waals surface area contributed by atoms with Crippen molar-refractivity contribution in [3.8, 4) is 0 Å². The van der Waals surface area contributed by atoms with E-state index in [1.54, 1.807) is 0 Å². The lowest BCUT2D eigenvalue weighted by atomic mass is 9.87. The van der Waals surface area contributed by atoms with E-state index in [9.17, 15) is 4.79 Å². The molecule has 0 aromatic rings. The third-order valence-electron chi connectivity index (χ3n) is 5.82. The van der Waals surface area contributed by atoms with Gasteiger partial charge in [0.15, 0.2) is 5.85 Å². The van der Waals surface area contributed by atoms with Crippen LogP contribution in [0.25, 0.3) is 0 Å². The average Bonchev–Trinajstić information content (AvgIpc) is 2.74. The number of ether oxygens (including phenoxy) is 1. The largest absolute Gasteiger partial charge is 0.452 e. The lowest BCUT2D eigenvalue weighted by molar-refractivity contribution is -0.143. The van der Waals surface area contributed by atoms with Crippen molar-refractivity contribution in [2.45, 2.75) is 112 Å². The number of carbonyl (C=O) groups is 1. The second-order valence-electron chi connectivity index (χ2n) is 12.0. The van der Waals surface area contributed by atoms with Gasteiger partial charge in [-0.25, -0.2) is 9.34 Å². The van der Waals surface area contributed by atoms with E-state index in [0.717, 1.165) is 25.9 Å². The fourth-order valence-electron chi connectivity index (χ4n) is 4.95. The molecule has 0 spiro atoms. The van der Waals surface area contributed by atoms with Gasteiger partial charge in [-0.1, -0.05) is 68.2 Å². The monoisotopic (exact) mass is 428 g/mol. The summed E-state index contributed by atoms with van der Waals surface area (Å²) >= 11 is 0. The van der Waals surface area contributed by atoms with E-state index < -0.39 is 13.3 Å². The summed E-state index contributed by atoms with van der Waals surface area (Å²) < 4.78 is 25.6. The Labute approximate surface area is 179 Å². The van der Waals surface area contributed by atoms with Crippen LogP contribution in [0.2, 0.25) is 0 Å². The predicted octanol–water partition coefficient (Wildman–Crippen LogP) is 6.14. The number of fused-ring (bicyclic) bond motifs is 1. The SMILES string of the molecule is CC(=O)OC(CC(C)C)P1(=O)N(CC(C)(C)C)[C@@H]2CCCC[C@H]2N1CC(C)(C)C. The van der Waals surface area contributed by atoms with Crippen molar-refractivity contribution in [3.05, 3.63) is 0 Å². The van der Waals surface area contributed by atoms with Crippen molar-refractivity contribution < 1.29 is 14.1 Å². The number of hydrogen-bond acceptors (Lipinski definition) is 3. The van der Waals surface area contributed by atoms with Gasteiger partial charge in [-0.05, 0) is 36.0 Å². The molecule has 1 saturated heterocycles. The molecule has 2 aliphatic rings. The molecule has 3 atom stereocenters. The van der Waals surface area contributed by atoms with Gasteiger partial charge in [0.1, 0.15) is 0 Å². The number of rotatable bonds is 6. The van der Waals surface area contributed by atoms with E-state index in [1.807, 2.05) is 0 Å². The molecule has 170 valence electrons. The molecule has 1 unspecified atom stereocenters. The van der Waals surface area contributed by atoms with Gasteiger partial charge < -0.3 is 4.74 Å². The molecular formula is C23H45N2O3P. The van der Waals surface area contributed by atoms with Crippen LogP contribution in [0.1, 0.15) is 94.4 Å². The minimum atomic E-state index is -3.08. The van der Waals surface area contributed by atoms with Crippen molar-refractivity contribution in [2.24, 2.45) is 16.7 Å². The molecule has 1 aliphatic carbocycles. The van der Waals surface area contributed by atoms with E-state index in [1.165, 1.54) is 19.8 Å². The Bertz CT molecular complexity index is 585. The summed E-state index contributed by atoms with van der Waals surface area (Å²) in [5, 5.41) is 0. The van der Waals surface area contributed by atoms with Crippen LogP contribution in [0.4, 0.5) is 0 Å². The van der Waals surface area contributed by atoms with Crippen molar-refractivity contribution in [3.63, 3.8) is 0 Å². The summed E-state index contributed by atoms with van der Waals surface area (Å²) in [4.78, 5) is 12.1. The maximum absolute atomic E-state index is 15.1. The van der Waals surface area contributed by atoms with Crippen LogP contribution < -0.4 is 0 Å². The van der Waals surface area contributed by atoms with E-state index in [2.05, 4.69) is 64.7 Å². The van der Waals surface area contributed by atoms with E-state index in [0.29, 0.717) is 24.4 Å². The number of nitrogens with zero attached hydrogens (tertiary/aromatic N) is 2. The van der Waals surface area contributed by atoms with Gasteiger partial charge in [0, 0.05) is 32.1 Å². The molecule has 2 fully saturated rings. The van der Waals surface area contributed by atoms with E-state index >= 15 is 4.57 Å². The second-order valence-corrected chi connectivity index (χ2v) is 14.8. The van der Waals surface area contributed by atoms with Gasteiger partial charge in [-0.2, -0.15) is 0 Å². The third kappa shape index (κ3) is 6.08. The van der Waals surface area contributed by atoms with Gasteiger partial charge in [0.25, 0.3) is 7.44 Å². The minimum Gasteiger partial charge on any atom is -0.452 e. The van der Waals surface area contributed by atoms with Crippen molar-refractivity contribution >= 4 is 13.4 Å². The zero-order chi connectivity index (χ0) is 22.2. The van der Waals surface area contributed by atoms with Gasteiger partial charge in [0.2, 0.25) is 0 Å². The summed E-state index contributed by atoms with van der Waals surface area (Å²) in [6, 6.07) is 0.586. The Morgan fingerprint density at radius 3 is 1.69 bits per heavy atom. The topological polar surface area (TPSA) is 49.9 Å². The summed E-state index contributed by atoms with van der Waals surface area (Å²) in [6.45, 7) is 20.5. The molecule has 6 heteroatoms. The Hall–Kier alpha value is -0.380. The zero-order valence-electron chi connectivity index (χ0n) is 20.3. The highest BCUT2D eigenvalue weighted by Gasteiger charge is 2.60. The van der Waals surface area contributed by atoms with Crippen LogP contribution in [0, 0.1) is 16.7 Å². The molecule has 0 aromatic heterocycles. The maximum atomic E-state index is 15.1. The van der Waals surface area contributed by atoms with Crippen LogP contribution in [0.15, 0.2) is 0 Å². The summed E-state index contributed by atoms with van der Waals surface area (Å²) in [7, 11) is -3.08. The van der Waals surface area contributed by atoms with Crippen LogP contribution in [0.3, 0.4) is 0 Å². The molecule has 0 bridgehead atoms. The standard InChI is InChI=1S/C23H45N2O3P/c1-17(2)14-21(28-18(3)26)29(27)24(15-22(4,5)6)19-12-10-11-13-20(19)25(29)16-23(7,8)9/h17,19-21H,10-16H2,1-9H3/t19-,20-,21?/m1/s1.